The SMILES string of the molecule is CC1(C)c2[nH]c(c3c2SC(=C2Sc4cscc4S2)S3)C(C)(C)c2[nH]c(c3c2SC(=C2Sc4cscc4S2)S3)C(C)(C)c2[nH]c(c3c2SC(=C2Sc4cscc4S2)S3)C(C)(C)c2[nH]c1c1c2SC(=C2Sc3cscc3S2)S1. The summed E-state index contributed by atoms with van der Waals surface area (Å²) in [6.45, 7) is 19.9. The van der Waals surface area contributed by atoms with Crippen LogP contribution >= 0.6 is 234 Å². The second kappa shape index (κ2) is 18.0. The quantitative estimate of drug-likeness (QED) is 0.116. The number of hydrogen-bond acceptors (Lipinski definition) is 20. The molecule has 8 aromatic rings. The summed E-state index contributed by atoms with van der Waals surface area (Å²) in [5.41, 5.74) is 8.65. The molecule has 9 aliphatic rings. The Morgan fingerprint density at radius 1 is 0.211 bits per heavy atom. The van der Waals surface area contributed by atoms with Crippen molar-refractivity contribution in [2.24, 2.45) is 0 Å². The van der Waals surface area contributed by atoms with Gasteiger partial charge in [-0.15, -0.1) is 0 Å². The van der Waals surface area contributed by atoms with Crippen molar-refractivity contribution < 1.29 is 0 Å². The Morgan fingerprint density at radius 2 is 0.342 bits per heavy atom. The van der Waals surface area contributed by atoms with Gasteiger partial charge in [0.1, 0.15) is 0 Å². The molecule has 0 atom stereocenters. The van der Waals surface area contributed by atoms with Crippen molar-refractivity contribution in [3.8, 4) is 0 Å². The average molecular weight is 1360 g/mol. The number of rotatable bonds is 0. The van der Waals surface area contributed by atoms with E-state index in [4.69, 9.17) is 0 Å². The summed E-state index contributed by atoms with van der Waals surface area (Å²) in [7, 11) is 0. The third-order valence-corrected chi connectivity index (χ3v) is 41.7. The largest absolute Gasteiger partial charge is 0.359 e. The molecular formula is C52H36N4S20. The molecule has 24 heteroatoms. The van der Waals surface area contributed by atoms with Gasteiger partial charge in [-0.3, -0.25) is 0 Å². The lowest BCUT2D eigenvalue weighted by Gasteiger charge is -2.30. The highest BCUT2D eigenvalue weighted by molar-refractivity contribution is 8.33. The van der Waals surface area contributed by atoms with Gasteiger partial charge in [-0.1, -0.05) is 188 Å². The van der Waals surface area contributed by atoms with E-state index in [9.17, 15) is 0 Å². The average Bonchev–Trinajstić information content (AvgIpc) is 4.22. The lowest BCUT2D eigenvalue weighted by molar-refractivity contribution is 0.533. The third-order valence-electron chi connectivity index (χ3n) is 14.9. The predicted molar refractivity (Wildman–Crippen MR) is 351 cm³/mol. The molecule has 0 spiro atoms. The fraction of sp³-hybridized carbons (Fsp3) is 0.231. The number of fused-ring (bicyclic) bond motifs is 24. The van der Waals surface area contributed by atoms with E-state index in [1.165, 1.54) is 158 Å². The molecule has 0 radical (unpaired) electrons. The van der Waals surface area contributed by atoms with Gasteiger partial charge in [-0.2, -0.15) is 45.3 Å². The Kier molecular flexibility index (Phi) is 12.1. The number of thioether (sulfide) groups is 16. The molecule has 8 bridgehead atoms. The lowest BCUT2D eigenvalue weighted by Crippen LogP contribution is -2.27. The van der Waals surface area contributed by atoms with Gasteiger partial charge in [0, 0.05) is 189 Å². The monoisotopic (exact) mass is 1360 g/mol. The van der Waals surface area contributed by atoms with Crippen molar-refractivity contribution in [1.82, 2.24) is 19.9 Å². The Hall–Kier alpha value is 0.480. The van der Waals surface area contributed by atoms with E-state index in [1.54, 1.807) is 0 Å². The van der Waals surface area contributed by atoms with E-state index in [2.05, 4.69) is 118 Å². The van der Waals surface area contributed by atoms with Crippen LogP contribution in [-0.4, -0.2) is 19.9 Å². The molecular weight excluding hydrogens is 1320 g/mol. The van der Waals surface area contributed by atoms with E-state index in [0.717, 1.165) is 0 Å². The van der Waals surface area contributed by atoms with Gasteiger partial charge in [0.05, 0.1) is 33.9 Å². The summed E-state index contributed by atoms with van der Waals surface area (Å²) in [4.78, 5) is 39.7. The molecule has 17 rings (SSSR count). The molecule has 0 saturated heterocycles. The first-order valence-electron chi connectivity index (χ1n) is 23.7. The van der Waals surface area contributed by atoms with Crippen molar-refractivity contribution in [2.75, 3.05) is 0 Å². The smallest absolute Gasteiger partial charge is 0.0708 e. The summed E-state index contributed by atoms with van der Waals surface area (Å²) in [6, 6.07) is 0. The van der Waals surface area contributed by atoms with Crippen LogP contribution in [0.2, 0.25) is 0 Å². The summed E-state index contributed by atoms with van der Waals surface area (Å²) in [5.74, 6) is 0. The molecule has 9 aliphatic heterocycles. The summed E-state index contributed by atoms with van der Waals surface area (Å²) in [5, 5.41) is 18.6. The maximum Gasteiger partial charge on any atom is 0.0708 e. The van der Waals surface area contributed by atoms with Gasteiger partial charge in [0.15, 0.2) is 0 Å². The second-order valence-corrected chi connectivity index (χ2v) is 42.6. The zero-order chi connectivity index (χ0) is 51.1. The number of nitrogens with one attached hydrogen (secondary N) is 4. The number of aromatic nitrogens is 4. The van der Waals surface area contributed by atoms with Gasteiger partial charge in [0.2, 0.25) is 0 Å². The molecule has 0 aromatic carbocycles. The maximum absolute atomic E-state index is 4.37. The van der Waals surface area contributed by atoms with Crippen molar-refractivity contribution in [3.63, 3.8) is 0 Å². The van der Waals surface area contributed by atoms with Crippen molar-refractivity contribution in [1.29, 1.82) is 0 Å². The van der Waals surface area contributed by atoms with Crippen LogP contribution in [-0.2, 0) is 21.7 Å². The van der Waals surface area contributed by atoms with Gasteiger partial charge in [0.25, 0.3) is 0 Å². The van der Waals surface area contributed by atoms with Crippen LogP contribution < -0.4 is 0 Å². The fourth-order valence-corrected chi connectivity index (χ4v) is 38.5. The van der Waals surface area contributed by atoms with Gasteiger partial charge in [-0.25, -0.2) is 0 Å². The molecule has 8 aromatic heterocycles. The van der Waals surface area contributed by atoms with Crippen LogP contribution in [0.4, 0.5) is 0 Å². The summed E-state index contributed by atoms with van der Waals surface area (Å²) >= 11 is 38.9. The Balaban J connectivity index is 0.900. The van der Waals surface area contributed by atoms with Crippen LogP contribution in [0.5, 0.6) is 0 Å². The lowest BCUT2D eigenvalue weighted by atomic mass is 9.85. The van der Waals surface area contributed by atoms with Crippen LogP contribution in [0.25, 0.3) is 0 Å². The van der Waals surface area contributed by atoms with Crippen LogP contribution in [0.1, 0.15) is 101 Å². The Labute approximate surface area is 524 Å². The molecule has 384 valence electrons. The minimum absolute atomic E-state index is 0.428. The highest BCUT2D eigenvalue weighted by atomic mass is 32.2. The first-order valence-corrected chi connectivity index (χ1v) is 40.6. The van der Waals surface area contributed by atoms with Gasteiger partial charge < -0.3 is 19.9 Å². The first kappa shape index (κ1) is 50.9. The van der Waals surface area contributed by atoms with Crippen molar-refractivity contribution >= 4 is 234 Å². The Morgan fingerprint density at radius 3 is 0.487 bits per heavy atom. The number of thiophene rings is 4. The van der Waals surface area contributed by atoms with Gasteiger partial charge in [-0.05, 0) is 55.4 Å². The Bertz CT molecular complexity index is 3360. The van der Waals surface area contributed by atoms with Crippen molar-refractivity contribution in [3.05, 3.63) is 122 Å². The number of hydrogen-bond donors (Lipinski definition) is 4. The fourth-order valence-electron chi connectivity index (χ4n) is 10.7. The topological polar surface area (TPSA) is 63.2 Å². The number of aromatic amines is 4. The molecule has 0 saturated carbocycles. The highest BCUT2D eigenvalue weighted by Gasteiger charge is 2.51. The van der Waals surface area contributed by atoms with E-state index >= 15 is 0 Å². The molecule has 0 amide bonds. The van der Waals surface area contributed by atoms with Crippen LogP contribution in [0, 0.1) is 0 Å². The molecule has 0 aliphatic carbocycles. The zero-order valence-corrected chi connectivity index (χ0v) is 57.1. The predicted octanol–water partition coefficient (Wildman–Crippen LogP) is 23.8. The summed E-state index contributed by atoms with van der Waals surface area (Å²) < 4.78 is 11.3. The molecule has 4 nitrogen and oxygen atoms in total. The maximum atomic E-state index is 4.37. The summed E-state index contributed by atoms with van der Waals surface area (Å²) in [6.07, 6.45) is 0. The normalized spacial score (nSPS) is 21.6. The molecule has 0 fully saturated rings. The highest BCUT2D eigenvalue weighted by Crippen LogP contribution is 2.72. The minimum Gasteiger partial charge on any atom is -0.359 e. The van der Waals surface area contributed by atoms with E-state index in [1.807, 2.05) is 234 Å². The standard InChI is InChI=1S/C52H36N4S20/c1-49(2)33-25-27(71-45(69-25)41-61-17-9-57-10-18(17)62-41)35(53-33)50(3,4)37-29-31(75-47(73-29)43-65-21-13-59-14-22(21)66-43)39(55-37)52(7,8)40-32-30(74-48(76-32)44-67-23-15-60-16-24(23)68-44)38(56-40)51(5,6)36-28-26(34(49)54-36)70-46(72-28)42-63-19-11-58-12-20(19)64-42/h9-16,53-56H,1-8H3. The van der Waals surface area contributed by atoms with E-state index in [0.29, 0.717) is 0 Å². The second-order valence-electron chi connectivity index (χ2n) is 21.0. The van der Waals surface area contributed by atoms with Crippen LogP contribution in [0.15, 0.2) is 155 Å². The van der Waals surface area contributed by atoms with Crippen molar-refractivity contribution in [2.45, 2.75) is 155 Å². The van der Waals surface area contributed by atoms with Gasteiger partial charge >= 0.3 is 0 Å². The number of H-pyrrole nitrogens is 4. The molecule has 17 heterocycles. The van der Waals surface area contributed by atoms with Crippen LogP contribution in [0.3, 0.4) is 0 Å². The molecule has 4 N–H and O–H groups in total. The minimum atomic E-state index is -0.428. The first-order chi connectivity index (χ1) is 36.6. The van der Waals surface area contributed by atoms with E-state index < -0.39 is 21.7 Å². The molecule has 0 unspecified atom stereocenters. The zero-order valence-electron chi connectivity index (χ0n) is 40.8. The molecule has 76 heavy (non-hydrogen) atoms. The third kappa shape index (κ3) is 7.44. The van der Waals surface area contributed by atoms with E-state index in [-0.39, 0.29) is 0 Å².